The van der Waals surface area contributed by atoms with Gasteiger partial charge in [0.1, 0.15) is 0 Å². The minimum atomic E-state index is 1.01. The molecule has 0 radical (unpaired) electrons. The van der Waals surface area contributed by atoms with Crippen molar-refractivity contribution in [3.05, 3.63) is 168 Å². The zero-order valence-electron chi connectivity index (χ0n) is 26.7. The highest BCUT2D eigenvalue weighted by Crippen LogP contribution is 2.47. The van der Waals surface area contributed by atoms with Gasteiger partial charge in [-0.25, -0.2) is 0 Å². The minimum Gasteiger partial charge on any atom is -0.340 e. The lowest BCUT2D eigenvalue weighted by Gasteiger charge is -2.30. The molecule has 2 heteroatoms. The molecular weight excluding hydrogens is 581 g/mol. The number of nitrogens with zero attached hydrogens (tertiary/aromatic N) is 2. The zero-order chi connectivity index (χ0) is 31.6. The van der Waals surface area contributed by atoms with E-state index in [-0.39, 0.29) is 0 Å². The van der Waals surface area contributed by atoms with Crippen molar-refractivity contribution in [1.29, 1.82) is 0 Å². The molecule has 8 aromatic rings. The third-order valence-electron chi connectivity index (χ3n) is 10.6. The summed E-state index contributed by atoms with van der Waals surface area (Å²) >= 11 is 0. The van der Waals surface area contributed by atoms with Crippen LogP contribution in [0.4, 0.5) is 28.4 Å². The van der Waals surface area contributed by atoms with Crippen LogP contribution in [-0.2, 0) is 12.8 Å². The van der Waals surface area contributed by atoms with Crippen LogP contribution in [0.1, 0.15) is 23.1 Å². The van der Waals surface area contributed by atoms with Crippen molar-refractivity contribution in [3.8, 4) is 11.1 Å². The standard InChI is InChI=1S/C46H34N2/c1-3-12-34(13-4-1)48(35-14-5-2-6-15-35)44-28-26-37(36-16-8-9-17-39(36)44)38-23-19-32-21-25-41-43(47-30-29-31-11-7-10-18-42(31)47)27-22-33-20-24-40(38)45(32)46(33)41/h1-8,10-16,18-28H,9,17,29-30H2. The summed E-state index contributed by atoms with van der Waals surface area (Å²) in [5, 5.41) is 7.99. The Kier molecular flexibility index (Phi) is 6.17. The molecule has 2 aliphatic rings. The van der Waals surface area contributed by atoms with E-state index in [0.29, 0.717) is 0 Å². The third kappa shape index (κ3) is 4.12. The monoisotopic (exact) mass is 614 g/mol. The molecule has 0 N–H and O–H groups in total. The number of hydrogen-bond donors (Lipinski definition) is 0. The number of anilines is 5. The normalized spacial score (nSPS) is 13.8. The van der Waals surface area contributed by atoms with Gasteiger partial charge in [0.05, 0.1) is 0 Å². The summed E-state index contributed by atoms with van der Waals surface area (Å²) in [5.74, 6) is 0. The van der Waals surface area contributed by atoms with Crippen LogP contribution < -0.4 is 9.80 Å². The predicted molar refractivity (Wildman–Crippen MR) is 205 cm³/mol. The molecule has 0 fully saturated rings. The van der Waals surface area contributed by atoms with Crippen LogP contribution >= 0.6 is 0 Å². The summed E-state index contributed by atoms with van der Waals surface area (Å²) in [6.07, 6.45) is 7.86. The van der Waals surface area contributed by atoms with Crippen molar-refractivity contribution in [2.24, 2.45) is 0 Å². The van der Waals surface area contributed by atoms with Gasteiger partial charge < -0.3 is 9.80 Å². The maximum Gasteiger partial charge on any atom is 0.0500 e. The maximum atomic E-state index is 2.52. The molecular formula is C46H34N2. The molecule has 0 saturated carbocycles. The topological polar surface area (TPSA) is 6.48 Å². The van der Waals surface area contributed by atoms with Crippen molar-refractivity contribution in [2.45, 2.75) is 19.3 Å². The lowest BCUT2D eigenvalue weighted by atomic mass is 9.84. The van der Waals surface area contributed by atoms with Gasteiger partial charge in [-0.1, -0.05) is 115 Å². The van der Waals surface area contributed by atoms with Gasteiger partial charge in [0.25, 0.3) is 0 Å². The Morgan fingerprint density at radius 1 is 0.500 bits per heavy atom. The number of para-hydroxylation sites is 3. The van der Waals surface area contributed by atoms with Gasteiger partial charge in [0, 0.05) is 40.4 Å². The molecule has 228 valence electrons. The first-order valence-electron chi connectivity index (χ1n) is 17.1. The molecule has 48 heavy (non-hydrogen) atoms. The Balaban J connectivity index is 1.18. The van der Waals surface area contributed by atoms with E-state index in [2.05, 4.69) is 168 Å². The summed E-state index contributed by atoms with van der Waals surface area (Å²) in [6.45, 7) is 1.02. The van der Waals surface area contributed by atoms with Crippen LogP contribution in [0.3, 0.4) is 0 Å². The third-order valence-corrected chi connectivity index (χ3v) is 10.6. The minimum absolute atomic E-state index is 1.01. The predicted octanol–water partition coefficient (Wildman–Crippen LogP) is 12.4. The molecule has 0 unspecified atom stereocenters. The van der Waals surface area contributed by atoms with Gasteiger partial charge >= 0.3 is 0 Å². The Morgan fingerprint density at radius 3 is 1.94 bits per heavy atom. The smallest absolute Gasteiger partial charge is 0.0500 e. The molecule has 0 spiro atoms. The van der Waals surface area contributed by atoms with Gasteiger partial charge in [0.2, 0.25) is 0 Å². The Morgan fingerprint density at radius 2 is 1.15 bits per heavy atom. The van der Waals surface area contributed by atoms with Crippen LogP contribution in [0.15, 0.2) is 152 Å². The van der Waals surface area contributed by atoms with Gasteiger partial charge in [-0.05, 0) is 116 Å². The molecule has 0 aromatic heterocycles. The summed E-state index contributed by atoms with van der Waals surface area (Å²) in [6, 6.07) is 53.8. The summed E-state index contributed by atoms with van der Waals surface area (Å²) in [7, 11) is 0. The molecule has 0 amide bonds. The molecule has 0 bridgehead atoms. The van der Waals surface area contributed by atoms with E-state index in [1.807, 2.05) is 0 Å². The number of rotatable bonds is 5. The van der Waals surface area contributed by atoms with Crippen molar-refractivity contribution in [1.82, 2.24) is 0 Å². The number of fused-ring (bicyclic) bond motifs is 2. The maximum absolute atomic E-state index is 2.52. The van der Waals surface area contributed by atoms with E-state index >= 15 is 0 Å². The van der Waals surface area contributed by atoms with Crippen LogP contribution in [0, 0.1) is 0 Å². The fourth-order valence-corrected chi connectivity index (χ4v) is 8.41. The second kappa shape index (κ2) is 10.9. The summed E-state index contributed by atoms with van der Waals surface area (Å²) < 4.78 is 0. The average Bonchev–Trinajstić information content (AvgIpc) is 3.59. The van der Waals surface area contributed by atoms with Gasteiger partial charge in [-0.2, -0.15) is 0 Å². The second-order valence-electron chi connectivity index (χ2n) is 13.1. The molecule has 8 aromatic carbocycles. The highest BCUT2D eigenvalue weighted by atomic mass is 15.2. The van der Waals surface area contributed by atoms with Gasteiger partial charge in [0.15, 0.2) is 0 Å². The molecule has 1 aliphatic heterocycles. The Labute approximate surface area is 281 Å². The van der Waals surface area contributed by atoms with Crippen LogP contribution in [0.5, 0.6) is 0 Å². The van der Waals surface area contributed by atoms with Crippen LogP contribution in [0.2, 0.25) is 0 Å². The summed E-state index contributed by atoms with van der Waals surface area (Å²) in [4.78, 5) is 4.94. The van der Waals surface area contributed by atoms with Gasteiger partial charge in [-0.3, -0.25) is 0 Å². The van der Waals surface area contributed by atoms with E-state index in [4.69, 9.17) is 0 Å². The SMILES string of the molecule is C1=Cc2c(-c3ccc4ccc5c(N6CCc7ccccc76)ccc6ccc3c4c65)ccc(N(c3ccccc3)c3ccccc3)c2CC1. The number of benzene rings is 8. The lowest BCUT2D eigenvalue weighted by molar-refractivity contribution is 0.980. The number of allylic oxidation sites excluding steroid dienone is 1. The quantitative estimate of drug-likeness (QED) is 0.178. The van der Waals surface area contributed by atoms with Gasteiger partial charge in [-0.15, -0.1) is 0 Å². The van der Waals surface area contributed by atoms with Crippen molar-refractivity contribution < 1.29 is 0 Å². The Hall–Kier alpha value is -5.86. The number of hydrogen-bond acceptors (Lipinski definition) is 2. The largest absolute Gasteiger partial charge is 0.340 e. The van der Waals surface area contributed by atoms with Crippen molar-refractivity contribution in [2.75, 3.05) is 16.3 Å². The first kappa shape index (κ1) is 27.3. The van der Waals surface area contributed by atoms with E-state index < -0.39 is 0 Å². The van der Waals surface area contributed by atoms with E-state index in [9.17, 15) is 0 Å². The molecule has 1 heterocycles. The Bertz CT molecular complexity index is 2470. The molecule has 1 aliphatic carbocycles. The molecule has 10 rings (SSSR count). The molecule has 0 atom stereocenters. The first-order valence-corrected chi connectivity index (χ1v) is 17.1. The van der Waals surface area contributed by atoms with E-state index in [1.54, 1.807) is 0 Å². The summed E-state index contributed by atoms with van der Waals surface area (Å²) in [5.41, 5.74) is 13.0. The highest BCUT2D eigenvalue weighted by molar-refractivity contribution is 6.27. The molecule has 0 saturated heterocycles. The van der Waals surface area contributed by atoms with Crippen LogP contribution in [-0.4, -0.2) is 6.54 Å². The van der Waals surface area contributed by atoms with Crippen molar-refractivity contribution in [3.63, 3.8) is 0 Å². The zero-order valence-corrected chi connectivity index (χ0v) is 26.7. The van der Waals surface area contributed by atoms with E-state index in [0.717, 1.165) is 25.8 Å². The lowest BCUT2D eigenvalue weighted by Crippen LogP contribution is -2.14. The molecule has 2 nitrogen and oxygen atoms in total. The van der Waals surface area contributed by atoms with E-state index in [1.165, 1.54) is 88.6 Å². The second-order valence-corrected chi connectivity index (χ2v) is 13.1. The fraction of sp³-hybridized carbons (Fsp3) is 0.0870. The highest BCUT2D eigenvalue weighted by Gasteiger charge is 2.25. The fourth-order valence-electron chi connectivity index (χ4n) is 8.41. The first-order chi connectivity index (χ1) is 23.8. The van der Waals surface area contributed by atoms with Crippen molar-refractivity contribution >= 4 is 66.8 Å². The average molecular weight is 615 g/mol. The van der Waals surface area contributed by atoms with Crippen LogP contribution in [0.25, 0.3) is 49.5 Å².